The van der Waals surface area contributed by atoms with Gasteiger partial charge >= 0.3 is 0 Å². The number of ether oxygens (including phenoxy) is 2. The minimum absolute atomic E-state index is 0.0736. The zero-order chi connectivity index (χ0) is 15.5. The predicted octanol–water partition coefficient (Wildman–Crippen LogP) is 3.05. The van der Waals surface area contributed by atoms with E-state index in [1.807, 2.05) is 32.0 Å². The smallest absolute Gasteiger partial charge is 0.233 e. The average molecular weight is 333 g/mol. The van der Waals surface area contributed by atoms with Crippen LogP contribution in [0.5, 0.6) is 5.75 Å². The summed E-state index contributed by atoms with van der Waals surface area (Å²) in [6.07, 6.45) is 1.29. The molecular weight excluding hydrogens is 312 g/mol. The van der Waals surface area contributed by atoms with Crippen molar-refractivity contribution in [2.75, 3.05) is 25.6 Å². The molecule has 0 atom stereocenters. The van der Waals surface area contributed by atoms with E-state index in [-0.39, 0.29) is 5.75 Å². The molecule has 1 aliphatic rings. The van der Waals surface area contributed by atoms with Crippen molar-refractivity contribution in [2.24, 2.45) is 5.41 Å². The summed E-state index contributed by atoms with van der Waals surface area (Å²) in [5.41, 5.74) is 1.76. The quantitative estimate of drug-likeness (QED) is 0.778. The van der Waals surface area contributed by atoms with Gasteiger partial charge in [0.25, 0.3) is 0 Å². The normalized spacial score (nSPS) is 18.4. The molecule has 1 fully saturated rings. The zero-order valence-electron chi connectivity index (χ0n) is 12.4. The minimum atomic E-state index is -3.57. The Morgan fingerprint density at radius 2 is 1.95 bits per heavy atom. The Labute approximate surface area is 130 Å². The van der Waals surface area contributed by atoms with Gasteiger partial charge in [-0.25, -0.2) is 8.42 Å². The highest BCUT2D eigenvalue weighted by Gasteiger charge is 2.37. The van der Waals surface area contributed by atoms with Crippen molar-refractivity contribution in [2.45, 2.75) is 26.7 Å². The average Bonchev–Trinajstić information content (AvgIpc) is 2.37. The topological polar surface area (TPSA) is 52.6 Å². The van der Waals surface area contributed by atoms with Crippen molar-refractivity contribution >= 4 is 19.7 Å². The monoisotopic (exact) mass is 332 g/mol. The first-order valence-electron chi connectivity index (χ1n) is 7.00. The third-order valence-corrected chi connectivity index (χ3v) is 5.18. The van der Waals surface area contributed by atoms with Gasteiger partial charge < -0.3 is 9.47 Å². The summed E-state index contributed by atoms with van der Waals surface area (Å²) in [6.45, 7) is 5.44. The fourth-order valence-electron chi connectivity index (χ4n) is 2.69. The fraction of sp³-hybridized carbons (Fsp3) is 0.600. The van der Waals surface area contributed by atoms with Crippen LogP contribution in [0, 0.1) is 19.3 Å². The van der Waals surface area contributed by atoms with Crippen LogP contribution in [0.15, 0.2) is 18.2 Å². The molecule has 0 unspecified atom stereocenters. The first-order chi connectivity index (χ1) is 9.80. The summed E-state index contributed by atoms with van der Waals surface area (Å²) >= 11 is 0. The Bertz CT molecular complexity index is 592. The lowest BCUT2D eigenvalue weighted by Gasteiger charge is -2.35. The molecule has 21 heavy (non-hydrogen) atoms. The molecule has 118 valence electrons. The summed E-state index contributed by atoms with van der Waals surface area (Å²) in [5.74, 6) is 0.717. The first kappa shape index (κ1) is 16.6. The van der Waals surface area contributed by atoms with Gasteiger partial charge in [0.05, 0.1) is 12.4 Å². The van der Waals surface area contributed by atoms with Gasteiger partial charge in [0.15, 0.2) is 0 Å². The van der Waals surface area contributed by atoms with Crippen LogP contribution in [0.3, 0.4) is 0 Å². The van der Waals surface area contributed by atoms with E-state index in [4.69, 9.17) is 20.2 Å². The van der Waals surface area contributed by atoms with E-state index < -0.39 is 14.5 Å². The highest BCUT2D eigenvalue weighted by atomic mass is 35.7. The molecule has 2 rings (SSSR count). The molecule has 1 aromatic rings. The van der Waals surface area contributed by atoms with E-state index >= 15 is 0 Å². The van der Waals surface area contributed by atoms with Crippen LogP contribution in [0.2, 0.25) is 0 Å². The highest BCUT2D eigenvalue weighted by molar-refractivity contribution is 8.13. The third kappa shape index (κ3) is 4.87. The summed E-state index contributed by atoms with van der Waals surface area (Å²) < 4.78 is 34.2. The van der Waals surface area contributed by atoms with Crippen molar-refractivity contribution in [3.63, 3.8) is 0 Å². The number of rotatable bonds is 5. The molecule has 0 N–H and O–H groups in total. The molecule has 4 nitrogen and oxygen atoms in total. The van der Waals surface area contributed by atoms with Gasteiger partial charge in [-0.15, -0.1) is 0 Å². The van der Waals surface area contributed by atoms with E-state index in [2.05, 4.69) is 0 Å². The molecule has 0 spiro atoms. The maximum atomic E-state index is 11.5. The Hall–Kier alpha value is -0.780. The maximum absolute atomic E-state index is 11.5. The summed E-state index contributed by atoms with van der Waals surface area (Å²) in [7, 11) is 1.90. The lowest BCUT2D eigenvalue weighted by atomic mass is 9.83. The van der Waals surface area contributed by atoms with Crippen LogP contribution in [-0.2, 0) is 13.8 Å². The largest absolute Gasteiger partial charge is 0.493 e. The van der Waals surface area contributed by atoms with Crippen molar-refractivity contribution in [3.05, 3.63) is 29.3 Å². The van der Waals surface area contributed by atoms with Gasteiger partial charge in [-0.2, -0.15) is 0 Å². The molecule has 0 radical (unpaired) electrons. The lowest BCUT2D eigenvalue weighted by molar-refractivity contribution is 0.00217. The lowest BCUT2D eigenvalue weighted by Crippen LogP contribution is -2.40. The van der Waals surface area contributed by atoms with Crippen LogP contribution in [0.4, 0.5) is 0 Å². The van der Waals surface area contributed by atoms with E-state index in [1.54, 1.807) is 0 Å². The molecule has 1 aliphatic heterocycles. The molecule has 1 aromatic carbocycles. The molecule has 0 amide bonds. The highest BCUT2D eigenvalue weighted by Crippen LogP contribution is 2.34. The van der Waals surface area contributed by atoms with E-state index in [1.165, 1.54) is 5.56 Å². The van der Waals surface area contributed by atoms with Gasteiger partial charge in [-0.05, 0) is 38.3 Å². The standard InChI is InChI=1S/C15H21ClO4S/c1-12-3-4-14(13(2)9-12)20-10-15(11-21(16,17)18)5-7-19-8-6-15/h3-4,9H,5-8,10-11H2,1-2H3. The van der Waals surface area contributed by atoms with Gasteiger partial charge in [0, 0.05) is 29.3 Å². The Kier molecular flexibility index (Phi) is 5.17. The Balaban J connectivity index is 2.12. The van der Waals surface area contributed by atoms with Crippen LogP contribution in [0.1, 0.15) is 24.0 Å². The zero-order valence-corrected chi connectivity index (χ0v) is 14.0. The Morgan fingerprint density at radius 3 is 2.52 bits per heavy atom. The van der Waals surface area contributed by atoms with Crippen molar-refractivity contribution in [1.82, 2.24) is 0 Å². The SMILES string of the molecule is Cc1ccc(OCC2(CS(=O)(=O)Cl)CCOCC2)c(C)c1. The van der Waals surface area contributed by atoms with Crippen LogP contribution in [0.25, 0.3) is 0 Å². The maximum Gasteiger partial charge on any atom is 0.233 e. The van der Waals surface area contributed by atoms with Crippen molar-refractivity contribution in [1.29, 1.82) is 0 Å². The molecule has 0 bridgehead atoms. The minimum Gasteiger partial charge on any atom is -0.493 e. The van der Waals surface area contributed by atoms with Crippen molar-refractivity contribution in [3.8, 4) is 5.75 Å². The molecule has 0 aliphatic carbocycles. The van der Waals surface area contributed by atoms with E-state index in [0.717, 1.165) is 11.3 Å². The van der Waals surface area contributed by atoms with Gasteiger partial charge in [-0.1, -0.05) is 17.7 Å². The van der Waals surface area contributed by atoms with Crippen LogP contribution >= 0.6 is 10.7 Å². The summed E-state index contributed by atoms with van der Waals surface area (Å²) in [4.78, 5) is 0. The fourth-order valence-corrected chi connectivity index (χ4v) is 4.49. The van der Waals surface area contributed by atoms with Gasteiger partial charge in [0.2, 0.25) is 9.05 Å². The third-order valence-electron chi connectivity index (χ3n) is 3.90. The molecule has 0 saturated carbocycles. The van der Waals surface area contributed by atoms with E-state index in [0.29, 0.717) is 32.7 Å². The summed E-state index contributed by atoms with van der Waals surface area (Å²) in [6, 6.07) is 5.95. The number of hydrogen-bond donors (Lipinski definition) is 0. The van der Waals surface area contributed by atoms with Gasteiger partial charge in [-0.3, -0.25) is 0 Å². The second kappa shape index (κ2) is 6.55. The van der Waals surface area contributed by atoms with Crippen LogP contribution < -0.4 is 4.74 Å². The number of hydrogen-bond acceptors (Lipinski definition) is 4. The molecule has 1 heterocycles. The second-order valence-electron chi connectivity index (χ2n) is 5.85. The van der Waals surface area contributed by atoms with E-state index in [9.17, 15) is 8.42 Å². The number of benzene rings is 1. The summed E-state index contributed by atoms with van der Waals surface area (Å²) in [5, 5.41) is 0. The second-order valence-corrected chi connectivity index (χ2v) is 8.63. The van der Waals surface area contributed by atoms with Crippen LogP contribution in [-0.4, -0.2) is 34.0 Å². The van der Waals surface area contributed by atoms with Gasteiger partial charge in [0.1, 0.15) is 5.75 Å². The number of halogens is 1. The van der Waals surface area contributed by atoms with Crippen molar-refractivity contribution < 1.29 is 17.9 Å². The molecular formula is C15H21ClO4S. The Morgan fingerprint density at radius 1 is 1.29 bits per heavy atom. The first-order valence-corrected chi connectivity index (χ1v) is 9.48. The molecule has 1 saturated heterocycles. The number of aryl methyl sites for hydroxylation is 2. The molecule has 0 aromatic heterocycles. The predicted molar refractivity (Wildman–Crippen MR) is 83.5 cm³/mol. The molecule has 6 heteroatoms.